The lowest BCUT2D eigenvalue weighted by Crippen LogP contribution is -2.41. The van der Waals surface area contributed by atoms with Gasteiger partial charge in [0.1, 0.15) is 6.17 Å². The molecule has 2 N–H and O–H groups in total. The van der Waals surface area contributed by atoms with Crippen LogP contribution < -0.4 is 5.32 Å². The van der Waals surface area contributed by atoms with E-state index in [4.69, 9.17) is 0 Å². The van der Waals surface area contributed by atoms with Crippen molar-refractivity contribution < 1.29 is 4.79 Å². The molecule has 1 unspecified atom stereocenters. The first-order valence-corrected chi connectivity index (χ1v) is 5.62. The molecule has 1 aromatic carbocycles. The molecule has 0 saturated heterocycles. The molecule has 2 aliphatic rings. The van der Waals surface area contributed by atoms with Gasteiger partial charge < -0.3 is 5.32 Å². The minimum atomic E-state index is -0.212. The largest absolute Gasteiger partial charge is 0.342 e. The lowest BCUT2D eigenvalue weighted by molar-refractivity contribution is 0.0763. The Kier molecular flexibility index (Phi) is 1.67. The SMILES string of the molecule is O=C1c2n[nH]nc2NC2c3ccccc3C=CN12. The van der Waals surface area contributed by atoms with E-state index in [2.05, 4.69) is 20.7 Å². The number of nitrogens with one attached hydrogen (secondary N) is 2. The van der Waals surface area contributed by atoms with E-state index in [-0.39, 0.29) is 12.1 Å². The number of aromatic amines is 1. The number of anilines is 1. The lowest BCUT2D eigenvalue weighted by atomic mass is 9.99. The van der Waals surface area contributed by atoms with Gasteiger partial charge in [0.25, 0.3) is 5.91 Å². The van der Waals surface area contributed by atoms with Crippen LogP contribution in [0.1, 0.15) is 27.8 Å². The van der Waals surface area contributed by atoms with Gasteiger partial charge in [-0.15, -0.1) is 10.2 Å². The van der Waals surface area contributed by atoms with Gasteiger partial charge in [-0.3, -0.25) is 9.69 Å². The minimum absolute atomic E-state index is 0.145. The molecular weight excluding hydrogens is 230 g/mol. The Hall–Kier alpha value is -2.63. The van der Waals surface area contributed by atoms with Crippen LogP contribution >= 0.6 is 0 Å². The standard InChI is InChI=1S/C12H9N5O/c18-12-9-10(15-16-14-9)13-11-8-4-2-1-3-7(8)5-6-17(11)12/h1-6,11H,(H2,13,14,15,16). The minimum Gasteiger partial charge on any atom is -0.342 e. The molecule has 0 bridgehead atoms. The Morgan fingerprint density at radius 2 is 2.11 bits per heavy atom. The van der Waals surface area contributed by atoms with Crippen molar-refractivity contribution >= 4 is 17.8 Å². The number of fused-ring (bicyclic) bond motifs is 4. The highest BCUT2D eigenvalue weighted by Crippen LogP contribution is 2.35. The Labute approximate surface area is 102 Å². The fourth-order valence-corrected chi connectivity index (χ4v) is 2.37. The van der Waals surface area contributed by atoms with Gasteiger partial charge in [-0.25, -0.2) is 0 Å². The number of hydrogen-bond acceptors (Lipinski definition) is 4. The van der Waals surface area contributed by atoms with Gasteiger partial charge in [0.05, 0.1) is 0 Å². The maximum absolute atomic E-state index is 12.2. The quantitative estimate of drug-likeness (QED) is 0.727. The highest BCUT2D eigenvalue weighted by molar-refractivity contribution is 6.00. The second kappa shape index (κ2) is 3.19. The van der Waals surface area contributed by atoms with Gasteiger partial charge >= 0.3 is 0 Å². The van der Waals surface area contributed by atoms with Crippen molar-refractivity contribution in [3.05, 3.63) is 47.3 Å². The van der Waals surface area contributed by atoms with Crippen LogP contribution in [0.15, 0.2) is 30.5 Å². The third-order valence-electron chi connectivity index (χ3n) is 3.24. The summed E-state index contributed by atoms with van der Waals surface area (Å²) in [5, 5.41) is 13.5. The molecule has 2 aliphatic heterocycles. The number of aromatic nitrogens is 3. The molecule has 1 atom stereocenters. The summed E-state index contributed by atoms with van der Waals surface area (Å²) in [6, 6.07) is 7.96. The Morgan fingerprint density at radius 1 is 1.22 bits per heavy atom. The lowest BCUT2D eigenvalue weighted by Gasteiger charge is -2.36. The highest BCUT2D eigenvalue weighted by atomic mass is 16.2. The van der Waals surface area contributed by atoms with Crippen molar-refractivity contribution in [3.63, 3.8) is 0 Å². The average molecular weight is 239 g/mol. The molecule has 3 heterocycles. The van der Waals surface area contributed by atoms with Crippen molar-refractivity contribution in [1.82, 2.24) is 20.3 Å². The maximum Gasteiger partial charge on any atom is 0.284 e. The van der Waals surface area contributed by atoms with Crippen LogP contribution in [0.3, 0.4) is 0 Å². The van der Waals surface area contributed by atoms with E-state index in [1.165, 1.54) is 0 Å². The molecule has 0 aliphatic carbocycles. The zero-order valence-electron chi connectivity index (χ0n) is 9.29. The smallest absolute Gasteiger partial charge is 0.284 e. The molecule has 0 radical (unpaired) electrons. The number of H-pyrrole nitrogens is 1. The summed E-state index contributed by atoms with van der Waals surface area (Å²) in [7, 11) is 0. The first kappa shape index (κ1) is 9.41. The molecule has 0 fully saturated rings. The van der Waals surface area contributed by atoms with Gasteiger partial charge in [-0.1, -0.05) is 24.3 Å². The molecule has 1 aromatic heterocycles. The fourth-order valence-electron chi connectivity index (χ4n) is 2.37. The third-order valence-corrected chi connectivity index (χ3v) is 3.24. The van der Waals surface area contributed by atoms with Crippen LogP contribution in [0.5, 0.6) is 0 Å². The third kappa shape index (κ3) is 1.09. The molecule has 4 rings (SSSR count). The molecule has 1 amide bonds. The van der Waals surface area contributed by atoms with Gasteiger partial charge in [-0.2, -0.15) is 5.21 Å². The average Bonchev–Trinajstić information content (AvgIpc) is 2.87. The molecule has 0 saturated carbocycles. The number of benzene rings is 1. The molecule has 6 nitrogen and oxygen atoms in total. The molecule has 88 valence electrons. The van der Waals surface area contributed by atoms with E-state index in [9.17, 15) is 4.79 Å². The molecule has 18 heavy (non-hydrogen) atoms. The summed E-state index contributed by atoms with van der Waals surface area (Å²) in [4.78, 5) is 13.9. The normalized spacial score (nSPS) is 19.9. The van der Waals surface area contributed by atoms with Gasteiger partial charge in [-0.05, 0) is 11.6 Å². The summed E-state index contributed by atoms with van der Waals surface area (Å²) in [5.74, 6) is 0.361. The summed E-state index contributed by atoms with van der Waals surface area (Å²) >= 11 is 0. The summed E-state index contributed by atoms with van der Waals surface area (Å²) in [6.07, 6.45) is 3.49. The number of nitrogens with zero attached hydrogens (tertiary/aromatic N) is 3. The van der Waals surface area contributed by atoms with E-state index in [1.54, 1.807) is 11.1 Å². The zero-order chi connectivity index (χ0) is 12.1. The highest BCUT2D eigenvalue weighted by Gasteiger charge is 2.36. The number of hydrogen-bond donors (Lipinski definition) is 2. The molecule has 2 aromatic rings. The topological polar surface area (TPSA) is 73.9 Å². The number of rotatable bonds is 0. The van der Waals surface area contributed by atoms with Crippen molar-refractivity contribution in [2.45, 2.75) is 6.17 Å². The van der Waals surface area contributed by atoms with Crippen LogP contribution in [0, 0.1) is 0 Å². The van der Waals surface area contributed by atoms with E-state index in [0.29, 0.717) is 11.5 Å². The van der Waals surface area contributed by atoms with Crippen LogP contribution in [0.2, 0.25) is 0 Å². The molecule has 0 spiro atoms. The number of carbonyl (C=O) groups excluding carboxylic acids is 1. The summed E-state index contributed by atoms with van der Waals surface area (Å²) < 4.78 is 0. The van der Waals surface area contributed by atoms with E-state index >= 15 is 0 Å². The first-order valence-electron chi connectivity index (χ1n) is 5.62. The zero-order valence-corrected chi connectivity index (χ0v) is 9.29. The Morgan fingerprint density at radius 3 is 3.06 bits per heavy atom. The van der Waals surface area contributed by atoms with E-state index in [0.717, 1.165) is 11.1 Å². The van der Waals surface area contributed by atoms with Crippen LogP contribution in [0.25, 0.3) is 6.08 Å². The summed E-state index contributed by atoms with van der Waals surface area (Å²) in [6.45, 7) is 0. The van der Waals surface area contributed by atoms with E-state index in [1.807, 2.05) is 30.3 Å². The Balaban J connectivity index is 1.90. The van der Waals surface area contributed by atoms with Crippen molar-refractivity contribution in [1.29, 1.82) is 0 Å². The maximum atomic E-state index is 12.2. The molecule has 6 heteroatoms. The second-order valence-electron chi connectivity index (χ2n) is 4.22. The predicted octanol–water partition coefficient (Wildman–Crippen LogP) is 1.36. The second-order valence-corrected chi connectivity index (χ2v) is 4.22. The van der Waals surface area contributed by atoms with E-state index < -0.39 is 0 Å². The van der Waals surface area contributed by atoms with Crippen molar-refractivity contribution in [2.24, 2.45) is 0 Å². The number of carbonyl (C=O) groups is 1. The Bertz CT molecular complexity index is 675. The molecular formula is C12H9N5O. The first-order chi connectivity index (χ1) is 8.84. The van der Waals surface area contributed by atoms with Gasteiger partial charge in [0, 0.05) is 11.8 Å². The fraction of sp³-hybridized carbons (Fsp3) is 0.0833. The van der Waals surface area contributed by atoms with Crippen LogP contribution in [0.4, 0.5) is 5.82 Å². The monoisotopic (exact) mass is 239 g/mol. The van der Waals surface area contributed by atoms with Gasteiger partial charge in [0.15, 0.2) is 11.5 Å². The number of amides is 1. The summed E-state index contributed by atoms with van der Waals surface area (Å²) in [5.41, 5.74) is 2.49. The van der Waals surface area contributed by atoms with Crippen LogP contribution in [-0.2, 0) is 0 Å². The predicted molar refractivity (Wildman–Crippen MR) is 64.4 cm³/mol. The van der Waals surface area contributed by atoms with Crippen LogP contribution in [-0.4, -0.2) is 26.2 Å². The van der Waals surface area contributed by atoms with Crippen molar-refractivity contribution in [3.8, 4) is 0 Å². The van der Waals surface area contributed by atoms with Gasteiger partial charge in [0.2, 0.25) is 0 Å². The van der Waals surface area contributed by atoms with Crippen molar-refractivity contribution in [2.75, 3.05) is 5.32 Å².